The SMILES string of the molecule is CC(=O)Oc1ccc(C=O)c(COc2c(C)cccc2C)c1. The summed E-state index contributed by atoms with van der Waals surface area (Å²) in [4.78, 5) is 22.2. The van der Waals surface area contributed by atoms with Crippen LogP contribution in [0.1, 0.15) is 34.0 Å². The third-order valence-corrected chi connectivity index (χ3v) is 3.28. The van der Waals surface area contributed by atoms with Crippen molar-refractivity contribution >= 4 is 12.3 Å². The smallest absolute Gasteiger partial charge is 0.308 e. The summed E-state index contributed by atoms with van der Waals surface area (Å²) in [5.74, 6) is 0.802. The first-order valence-corrected chi connectivity index (χ1v) is 6.97. The van der Waals surface area contributed by atoms with Crippen molar-refractivity contribution in [1.82, 2.24) is 0 Å². The first-order valence-electron chi connectivity index (χ1n) is 6.97. The Morgan fingerprint density at radius 1 is 1.14 bits per heavy atom. The molecule has 2 rings (SSSR count). The molecule has 0 saturated carbocycles. The Labute approximate surface area is 129 Å². The van der Waals surface area contributed by atoms with E-state index >= 15 is 0 Å². The van der Waals surface area contributed by atoms with E-state index in [-0.39, 0.29) is 6.61 Å². The second-order valence-electron chi connectivity index (χ2n) is 5.08. The summed E-state index contributed by atoms with van der Waals surface area (Å²) >= 11 is 0. The maximum atomic E-state index is 11.1. The topological polar surface area (TPSA) is 52.6 Å². The number of carbonyl (C=O) groups excluding carboxylic acids is 2. The van der Waals surface area contributed by atoms with Gasteiger partial charge in [-0.2, -0.15) is 0 Å². The quantitative estimate of drug-likeness (QED) is 0.480. The molecule has 0 radical (unpaired) electrons. The summed E-state index contributed by atoms with van der Waals surface area (Å²) in [6, 6.07) is 10.8. The monoisotopic (exact) mass is 298 g/mol. The molecule has 0 bridgehead atoms. The predicted octanol–water partition coefficient (Wildman–Crippen LogP) is 3.62. The zero-order valence-electron chi connectivity index (χ0n) is 12.9. The van der Waals surface area contributed by atoms with Crippen molar-refractivity contribution < 1.29 is 19.1 Å². The van der Waals surface area contributed by atoms with Gasteiger partial charge in [0.05, 0.1) is 0 Å². The van der Waals surface area contributed by atoms with Gasteiger partial charge in [-0.3, -0.25) is 9.59 Å². The molecule has 0 aliphatic carbocycles. The number of benzene rings is 2. The lowest BCUT2D eigenvalue weighted by atomic mass is 10.1. The van der Waals surface area contributed by atoms with Crippen LogP contribution in [0.2, 0.25) is 0 Å². The van der Waals surface area contributed by atoms with Crippen molar-refractivity contribution in [3.63, 3.8) is 0 Å². The first kappa shape index (κ1) is 15.8. The lowest BCUT2D eigenvalue weighted by molar-refractivity contribution is -0.131. The number of esters is 1. The number of aldehydes is 1. The van der Waals surface area contributed by atoms with Gasteiger partial charge in [0.15, 0.2) is 0 Å². The van der Waals surface area contributed by atoms with E-state index in [1.807, 2.05) is 32.0 Å². The molecular formula is C18H18O4. The highest BCUT2D eigenvalue weighted by molar-refractivity contribution is 5.78. The molecular weight excluding hydrogens is 280 g/mol. The van der Waals surface area contributed by atoms with Crippen molar-refractivity contribution in [3.05, 3.63) is 58.7 Å². The number of aryl methyl sites for hydroxylation is 2. The van der Waals surface area contributed by atoms with Gasteiger partial charge in [0.1, 0.15) is 24.4 Å². The summed E-state index contributed by atoms with van der Waals surface area (Å²) in [7, 11) is 0. The fraction of sp³-hybridized carbons (Fsp3) is 0.222. The molecule has 0 aliphatic rings. The first-order chi connectivity index (χ1) is 10.5. The largest absolute Gasteiger partial charge is 0.488 e. The third kappa shape index (κ3) is 3.73. The highest BCUT2D eigenvalue weighted by atomic mass is 16.5. The molecule has 0 aliphatic heterocycles. The van der Waals surface area contributed by atoms with Crippen LogP contribution in [-0.2, 0) is 11.4 Å². The van der Waals surface area contributed by atoms with Crippen LogP contribution in [0.3, 0.4) is 0 Å². The zero-order chi connectivity index (χ0) is 16.1. The van der Waals surface area contributed by atoms with Crippen LogP contribution in [-0.4, -0.2) is 12.3 Å². The number of hydrogen-bond acceptors (Lipinski definition) is 4. The van der Waals surface area contributed by atoms with E-state index in [2.05, 4.69) is 0 Å². The van der Waals surface area contributed by atoms with Gasteiger partial charge in [-0.25, -0.2) is 0 Å². The molecule has 0 unspecified atom stereocenters. The Kier molecular flexibility index (Phi) is 4.94. The molecule has 4 heteroatoms. The molecule has 2 aromatic rings. The predicted molar refractivity (Wildman–Crippen MR) is 83.4 cm³/mol. The Hall–Kier alpha value is -2.62. The molecule has 4 nitrogen and oxygen atoms in total. The fourth-order valence-corrected chi connectivity index (χ4v) is 2.23. The van der Waals surface area contributed by atoms with E-state index < -0.39 is 5.97 Å². The third-order valence-electron chi connectivity index (χ3n) is 3.28. The van der Waals surface area contributed by atoms with Crippen molar-refractivity contribution in [1.29, 1.82) is 0 Å². The summed E-state index contributed by atoms with van der Waals surface area (Å²) < 4.78 is 10.9. The molecule has 0 atom stereocenters. The van der Waals surface area contributed by atoms with Gasteiger partial charge in [0.2, 0.25) is 0 Å². The second kappa shape index (κ2) is 6.89. The van der Waals surface area contributed by atoms with Crippen LogP contribution in [0.4, 0.5) is 0 Å². The normalized spacial score (nSPS) is 10.1. The maximum Gasteiger partial charge on any atom is 0.308 e. The fourth-order valence-electron chi connectivity index (χ4n) is 2.23. The summed E-state index contributed by atoms with van der Waals surface area (Å²) in [6.07, 6.45) is 0.765. The van der Waals surface area contributed by atoms with E-state index in [1.165, 1.54) is 6.92 Å². The summed E-state index contributed by atoms with van der Waals surface area (Å²) in [5, 5.41) is 0. The lowest BCUT2D eigenvalue weighted by Gasteiger charge is -2.13. The van der Waals surface area contributed by atoms with E-state index in [0.29, 0.717) is 16.9 Å². The minimum Gasteiger partial charge on any atom is -0.488 e. The molecule has 114 valence electrons. The second-order valence-corrected chi connectivity index (χ2v) is 5.08. The highest BCUT2D eigenvalue weighted by Crippen LogP contribution is 2.25. The molecule has 0 amide bonds. The molecule has 0 heterocycles. The average molecular weight is 298 g/mol. The van der Waals surface area contributed by atoms with Gasteiger partial charge in [-0.1, -0.05) is 18.2 Å². The highest BCUT2D eigenvalue weighted by Gasteiger charge is 2.09. The van der Waals surface area contributed by atoms with Crippen molar-refractivity contribution in [2.24, 2.45) is 0 Å². The standard InChI is InChI=1S/C18H18O4/c1-12-5-4-6-13(2)18(12)21-11-16-9-17(22-14(3)20)8-7-15(16)10-19/h4-10H,11H2,1-3H3. The van der Waals surface area contributed by atoms with Crippen LogP contribution in [0.15, 0.2) is 36.4 Å². The number of hydrogen-bond donors (Lipinski definition) is 0. The molecule has 0 spiro atoms. The average Bonchev–Trinajstić information content (AvgIpc) is 2.46. The lowest BCUT2D eigenvalue weighted by Crippen LogP contribution is -2.05. The summed E-state index contributed by atoms with van der Waals surface area (Å²) in [6.45, 7) is 5.51. The Morgan fingerprint density at radius 3 is 2.41 bits per heavy atom. The van der Waals surface area contributed by atoms with Gasteiger partial charge in [0, 0.05) is 18.1 Å². The van der Waals surface area contributed by atoms with Crippen LogP contribution >= 0.6 is 0 Å². The van der Waals surface area contributed by atoms with E-state index in [1.54, 1.807) is 18.2 Å². The van der Waals surface area contributed by atoms with Gasteiger partial charge in [-0.15, -0.1) is 0 Å². The van der Waals surface area contributed by atoms with Crippen LogP contribution in [0, 0.1) is 13.8 Å². The number of rotatable bonds is 5. The zero-order valence-corrected chi connectivity index (χ0v) is 12.9. The number of para-hydroxylation sites is 1. The molecule has 0 saturated heterocycles. The Morgan fingerprint density at radius 2 is 1.82 bits per heavy atom. The molecule has 0 N–H and O–H groups in total. The minimum atomic E-state index is -0.402. The van der Waals surface area contributed by atoms with E-state index in [0.717, 1.165) is 23.2 Å². The Bertz CT molecular complexity index is 684. The van der Waals surface area contributed by atoms with Crippen LogP contribution in [0.25, 0.3) is 0 Å². The van der Waals surface area contributed by atoms with Gasteiger partial charge in [-0.05, 0) is 43.2 Å². The van der Waals surface area contributed by atoms with Crippen molar-refractivity contribution in [2.75, 3.05) is 0 Å². The molecule has 2 aromatic carbocycles. The molecule has 0 fully saturated rings. The minimum absolute atomic E-state index is 0.231. The molecule has 0 aromatic heterocycles. The Balaban J connectivity index is 2.24. The summed E-state index contributed by atoms with van der Waals surface area (Å²) in [5.41, 5.74) is 3.26. The molecule has 22 heavy (non-hydrogen) atoms. The van der Waals surface area contributed by atoms with Gasteiger partial charge < -0.3 is 9.47 Å². The number of carbonyl (C=O) groups is 2. The van der Waals surface area contributed by atoms with Crippen LogP contribution in [0.5, 0.6) is 11.5 Å². The maximum absolute atomic E-state index is 11.1. The number of ether oxygens (including phenoxy) is 2. The van der Waals surface area contributed by atoms with Crippen molar-refractivity contribution in [3.8, 4) is 11.5 Å². The van der Waals surface area contributed by atoms with E-state index in [4.69, 9.17) is 9.47 Å². The van der Waals surface area contributed by atoms with E-state index in [9.17, 15) is 9.59 Å². The van der Waals surface area contributed by atoms with Gasteiger partial charge >= 0.3 is 5.97 Å². The van der Waals surface area contributed by atoms with Gasteiger partial charge in [0.25, 0.3) is 0 Å². The van der Waals surface area contributed by atoms with Crippen molar-refractivity contribution in [2.45, 2.75) is 27.4 Å². The van der Waals surface area contributed by atoms with Crippen LogP contribution < -0.4 is 9.47 Å².